The molecule has 4 fully saturated rings. The van der Waals surface area contributed by atoms with Gasteiger partial charge in [-0.1, -0.05) is 33.1 Å². The Morgan fingerprint density at radius 2 is 1.60 bits per heavy atom. The van der Waals surface area contributed by atoms with Crippen molar-refractivity contribution >= 4 is 0 Å². The van der Waals surface area contributed by atoms with Gasteiger partial charge in [-0.2, -0.15) is 0 Å². The SMILES string of the molecule is C[C@]12CCCC[C@@H]1CC[C@@H]1[C@@H]2C[C@@H](O)[C@]2(C)CCC[C@@H]12. The van der Waals surface area contributed by atoms with Crippen LogP contribution < -0.4 is 0 Å². The maximum atomic E-state index is 10.9. The average Bonchev–Trinajstić information content (AvgIpc) is 2.83. The summed E-state index contributed by atoms with van der Waals surface area (Å²) in [4.78, 5) is 0. The fourth-order valence-electron chi connectivity index (χ4n) is 7.25. The zero-order chi connectivity index (χ0) is 14.0. The smallest absolute Gasteiger partial charge is 0.0599 e. The Labute approximate surface area is 124 Å². The average molecular weight is 276 g/mol. The number of hydrogen-bond donors (Lipinski definition) is 1. The lowest BCUT2D eigenvalue weighted by molar-refractivity contribution is -0.152. The lowest BCUT2D eigenvalue weighted by Crippen LogP contribution is -2.56. The van der Waals surface area contributed by atoms with Crippen LogP contribution in [0.4, 0.5) is 0 Å². The van der Waals surface area contributed by atoms with Crippen molar-refractivity contribution in [2.45, 2.75) is 84.2 Å². The molecule has 1 heteroatoms. The van der Waals surface area contributed by atoms with Gasteiger partial charge < -0.3 is 5.11 Å². The van der Waals surface area contributed by atoms with E-state index in [9.17, 15) is 5.11 Å². The molecule has 0 heterocycles. The largest absolute Gasteiger partial charge is 0.393 e. The maximum absolute atomic E-state index is 10.9. The Bertz CT molecular complexity index is 391. The van der Waals surface area contributed by atoms with Crippen LogP contribution in [-0.4, -0.2) is 11.2 Å². The van der Waals surface area contributed by atoms with E-state index in [2.05, 4.69) is 13.8 Å². The van der Waals surface area contributed by atoms with Crippen molar-refractivity contribution in [2.24, 2.45) is 34.5 Å². The number of aliphatic hydroxyl groups excluding tert-OH is 1. The lowest BCUT2D eigenvalue weighted by atomic mass is 9.45. The van der Waals surface area contributed by atoms with Crippen LogP contribution in [0.1, 0.15) is 78.1 Å². The predicted octanol–water partition coefficient (Wildman–Crippen LogP) is 4.78. The van der Waals surface area contributed by atoms with Crippen LogP contribution in [0.15, 0.2) is 0 Å². The molecule has 4 rings (SSSR count). The summed E-state index contributed by atoms with van der Waals surface area (Å²) in [6, 6.07) is 0. The second kappa shape index (κ2) is 4.48. The summed E-state index contributed by atoms with van der Waals surface area (Å²) in [6.45, 7) is 5.00. The highest BCUT2D eigenvalue weighted by Gasteiger charge is 2.60. The van der Waals surface area contributed by atoms with Gasteiger partial charge in [0.2, 0.25) is 0 Å². The van der Waals surface area contributed by atoms with Crippen LogP contribution in [0.2, 0.25) is 0 Å². The predicted molar refractivity (Wildman–Crippen MR) is 82.4 cm³/mol. The Kier molecular flexibility index (Phi) is 3.05. The first-order valence-electron chi connectivity index (χ1n) is 9.24. The van der Waals surface area contributed by atoms with Crippen molar-refractivity contribution in [3.05, 3.63) is 0 Å². The van der Waals surface area contributed by atoms with Crippen LogP contribution in [0.3, 0.4) is 0 Å². The molecule has 4 aliphatic rings. The van der Waals surface area contributed by atoms with Crippen molar-refractivity contribution < 1.29 is 5.11 Å². The lowest BCUT2D eigenvalue weighted by Gasteiger charge is -2.61. The van der Waals surface area contributed by atoms with Gasteiger partial charge in [0.05, 0.1) is 6.10 Å². The first kappa shape index (κ1) is 13.6. The highest BCUT2D eigenvalue weighted by molar-refractivity contribution is 5.09. The van der Waals surface area contributed by atoms with Gasteiger partial charge in [0.25, 0.3) is 0 Å². The molecule has 4 aliphatic carbocycles. The van der Waals surface area contributed by atoms with Crippen LogP contribution in [-0.2, 0) is 0 Å². The van der Waals surface area contributed by atoms with Crippen molar-refractivity contribution in [3.63, 3.8) is 0 Å². The minimum atomic E-state index is -0.0197. The summed E-state index contributed by atoms with van der Waals surface area (Å²) >= 11 is 0. The summed E-state index contributed by atoms with van der Waals surface area (Å²) in [5.74, 6) is 3.56. The first-order valence-corrected chi connectivity index (χ1v) is 9.24. The van der Waals surface area contributed by atoms with E-state index in [4.69, 9.17) is 0 Å². The molecule has 0 aromatic carbocycles. The molecule has 0 radical (unpaired) electrons. The summed E-state index contributed by atoms with van der Waals surface area (Å²) in [5.41, 5.74) is 0.825. The van der Waals surface area contributed by atoms with E-state index in [0.717, 1.165) is 30.1 Å². The molecule has 7 atom stereocenters. The van der Waals surface area contributed by atoms with Crippen LogP contribution in [0.25, 0.3) is 0 Å². The second-order valence-electron chi connectivity index (χ2n) is 9.05. The molecule has 0 aliphatic heterocycles. The highest BCUT2D eigenvalue weighted by Crippen LogP contribution is 2.66. The molecule has 1 N–H and O–H groups in total. The van der Waals surface area contributed by atoms with Crippen molar-refractivity contribution in [1.29, 1.82) is 0 Å². The fourth-order valence-corrected chi connectivity index (χ4v) is 7.25. The third-order valence-electron chi connectivity index (χ3n) is 8.50. The monoisotopic (exact) mass is 276 g/mol. The standard InChI is InChI=1S/C19H32O/c1-18-10-4-3-6-13(18)8-9-14-15-7-5-11-19(15,2)17(20)12-16(14)18/h13-17,20H,3-12H2,1-2H3/t13-,14+,15+,16+,17-,18+,19-/m1/s1. The van der Waals surface area contributed by atoms with E-state index >= 15 is 0 Å². The Morgan fingerprint density at radius 3 is 2.45 bits per heavy atom. The molecule has 0 bridgehead atoms. The minimum Gasteiger partial charge on any atom is -0.393 e. The molecular weight excluding hydrogens is 244 g/mol. The van der Waals surface area contributed by atoms with Gasteiger partial charge in [-0.05, 0) is 79.4 Å². The minimum absolute atomic E-state index is 0.0197. The third-order valence-corrected chi connectivity index (χ3v) is 8.50. The maximum Gasteiger partial charge on any atom is 0.0599 e. The van der Waals surface area contributed by atoms with E-state index in [0.29, 0.717) is 5.41 Å². The Balaban J connectivity index is 1.68. The number of aliphatic hydroxyl groups is 1. The van der Waals surface area contributed by atoms with Gasteiger partial charge in [0.15, 0.2) is 0 Å². The molecular formula is C19H32O. The van der Waals surface area contributed by atoms with E-state index in [1.807, 2.05) is 0 Å². The summed E-state index contributed by atoms with van der Waals surface area (Å²) in [7, 11) is 0. The van der Waals surface area contributed by atoms with Crippen LogP contribution >= 0.6 is 0 Å². The quantitative estimate of drug-likeness (QED) is 0.675. The highest BCUT2D eigenvalue weighted by atomic mass is 16.3. The van der Waals surface area contributed by atoms with E-state index in [1.165, 1.54) is 57.8 Å². The van der Waals surface area contributed by atoms with E-state index in [-0.39, 0.29) is 11.5 Å². The van der Waals surface area contributed by atoms with E-state index in [1.54, 1.807) is 0 Å². The van der Waals surface area contributed by atoms with Gasteiger partial charge in [-0.25, -0.2) is 0 Å². The summed E-state index contributed by atoms with van der Waals surface area (Å²) in [5, 5.41) is 10.9. The molecule has 0 unspecified atom stereocenters. The van der Waals surface area contributed by atoms with Gasteiger partial charge >= 0.3 is 0 Å². The fraction of sp³-hybridized carbons (Fsp3) is 1.00. The molecule has 4 saturated carbocycles. The molecule has 114 valence electrons. The van der Waals surface area contributed by atoms with Crippen molar-refractivity contribution in [3.8, 4) is 0 Å². The van der Waals surface area contributed by atoms with Crippen LogP contribution in [0.5, 0.6) is 0 Å². The first-order chi connectivity index (χ1) is 9.56. The second-order valence-corrected chi connectivity index (χ2v) is 9.05. The Hall–Kier alpha value is -0.0400. The topological polar surface area (TPSA) is 20.2 Å². The molecule has 0 aromatic heterocycles. The van der Waals surface area contributed by atoms with Crippen molar-refractivity contribution in [2.75, 3.05) is 0 Å². The van der Waals surface area contributed by atoms with Crippen molar-refractivity contribution in [1.82, 2.24) is 0 Å². The van der Waals surface area contributed by atoms with Gasteiger partial charge in [-0.3, -0.25) is 0 Å². The van der Waals surface area contributed by atoms with Gasteiger partial charge in [0, 0.05) is 0 Å². The molecule has 0 aromatic rings. The van der Waals surface area contributed by atoms with Gasteiger partial charge in [0.1, 0.15) is 0 Å². The number of rotatable bonds is 0. The third kappa shape index (κ3) is 1.65. The summed E-state index contributed by atoms with van der Waals surface area (Å²) in [6.07, 6.45) is 13.9. The summed E-state index contributed by atoms with van der Waals surface area (Å²) < 4.78 is 0. The number of hydrogen-bond acceptors (Lipinski definition) is 1. The normalized spacial score (nSPS) is 58.6. The molecule has 1 nitrogen and oxygen atoms in total. The Morgan fingerprint density at radius 1 is 0.800 bits per heavy atom. The molecule has 0 spiro atoms. The molecule has 0 saturated heterocycles. The number of fused-ring (bicyclic) bond motifs is 5. The van der Waals surface area contributed by atoms with E-state index < -0.39 is 0 Å². The zero-order valence-electron chi connectivity index (χ0n) is 13.4. The molecule has 0 amide bonds. The van der Waals surface area contributed by atoms with Gasteiger partial charge in [-0.15, -0.1) is 0 Å². The molecule has 20 heavy (non-hydrogen) atoms. The van der Waals surface area contributed by atoms with Crippen LogP contribution in [0, 0.1) is 34.5 Å². The zero-order valence-corrected chi connectivity index (χ0v) is 13.4.